The fourth-order valence-corrected chi connectivity index (χ4v) is 3.54. The van der Waals surface area contributed by atoms with E-state index >= 15 is 0 Å². The highest BCUT2D eigenvalue weighted by molar-refractivity contribution is 5.79. The van der Waals surface area contributed by atoms with Gasteiger partial charge in [0, 0.05) is 24.6 Å². The lowest BCUT2D eigenvalue weighted by Gasteiger charge is -2.34. The highest BCUT2D eigenvalue weighted by Crippen LogP contribution is 2.33. The molecule has 18 heavy (non-hydrogen) atoms. The number of hydrogen-bond acceptors (Lipinski definition) is 2. The molecule has 0 aromatic heterocycles. The van der Waals surface area contributed by atoms with E-state index in [-0.39, 0.29) is 5.92 Å². The maximum Gasteiger partial charge on any atom is 0.226 e. The Bertz CT molecular complexity index is 299. The van der Waals surface area contributed by atoms with Gasteiger partial charge in [0.2, 0.25) is 5.91 Å². The molecule has 0 aromatic rings. The number of carbonyl (C=O) groups is 1. The van der Waals surface area contributed by atoms with Gasteiger partial charge in [0.25, 0.3) is 0 Å². The van der Waals surface area contributed by atoms with Crippen LogP contribution >= 0.6 is 0 Å². The average molecular weight is 253 g/mol. The highest BCUT2D eigenvalue weighted by Gasteiger charge is 2.40. The Balaban J connectivity index is 2.01. The van der Waals surface area contributed by atoms with E-state index in [9.17, 15) is 4.79 Å². The maximum absolute atomic E-state index is 12.7. The average Bonchev–Trinajstić information content (AvgIpc) is 2.63. The summed E-state index contributed by atoms with van der Waals surface area (Å²) in [6, 6.07) is 0.786. The van der Waals surface area contributed by atoms with Crippen molar-refractivity contribution in [3.8, 4) is 0 Å². The van der Waals surface area contributed by atoms with Crippen molar-refractivity contribution in [3.63, 3.8) is 0 Å². The van der Waals surface area contributed by atoms with Crippen LogP contribution in [-0.4, -0.2) is 36.1 Å². The molecule has 3 nitrogen and oxygen atoms in total. The molecule has 2 rings (SSSR count). The van der Waals surface area contributed by atoms with Crippen molar-refractivity contribution < 1.29 is 9.53 Å². The Labute approximate surface area is 111 Å². The standard InChI is InChI=1S/C15H27NO2/c1-10-8-11(2)16(13(10)4)15(17)12(3)14-6-5-7-18-9-14/h10-14H,5-9H2,1-4H3/t10?,11-,12?,13?,14?/m1/s1. The molecule has 2 aliphatic heterocycles. The van der Waals surface area contributed by atoms with Crippen LogP contribution in [0, 0.1) is 17.8 Å². The van der Waals surface area contributed by atoms with Gasteiger partial charge in [0.15, 0.2) is 0 Å². The SMILES string of the molecule is CC1C[C@@H](C)N(C(=O)C(C)C2CCCOC2)C1C. The largest absolute Gasteiger partial charge is 0.381 e. The smallest absolute Gasteiger partial charge is 0.226 e. The van der Waals surface area contributed by atoms with Crippen molar-refractivity contribution in [2.45, 2.75) is 59.0 Å². The lowest BCUT2D eigenvalue weighted by molar-refractivity contribution is -0.141. The molecule has 104 valence electrons. The van der Waals surface area contributed by atoms with Gasteiger partial charge >= 0.3 is 0 Å². The van der Waals surface area contributed by atoms with Crippen molar-refractivity contribution in [2.24, 2.45) is 17.8 Å². The van der Waals surface area contributed by atoms with E-state index < -0.39 is 0 Å². The Morgan fingerprint density at radius 2 is 2.06 bits per heavy atom. The van der Waals surface area contributed by atoms with Gasteiger partial charge in [-0.15, -0.1) is 0 Å². The number of rotatable bonds is 2. The van der Waals surface area contributed by atoms with Crippen molar-refractivity contribution in [1.29, 1.82) is 0 Å². The van der Waals surface area contributed by atoms with Gasteiger partial charge in [-0.2, -0.15) is 0 Å². The van der Waals surface area contributed by atoms with Crippen LogP contribution in [0.2, 0.25) is 0 Å². The van der Waals surface area contributed by atoms with Crippen molar-refractivity contribution in [2.75, 3.05) is 13.2 Å². The Morgan fingerprint density at radius 3 is 2.56 bits per heavy atom. The van der Waals surface area contributed by atoms with E-state index in [1.54, 1.807) is 0 Å². The third kappa shape index (κ3) is 2.56. The molecular formula is C15H27NO2. The summed E-state index contributed by atoms with van der Waals surface area (Å²) < 4.78 is 5.52. The summed E-state index contributed by atoms with van der Waals surface area (Å²) in [5.74, 6) is 1.50. The highest BCUT2D eigenvalue weighted by atomic mass is 16.5. The number of carbonyl (C=O) groups excluding carboxylic acids is 1. The first-order chi connectivity index (χ1) is 8.52. The second-order valence-electron chi connectivity index (χ2n) is 6.31. The van der Waals surface area contributed by atoms with Gasteiger partial charge in [-0.3, -0.25) is 4.79 Å². The monoisotopic (exact) mass is 253 g/mol. The van der Waals surface area contributed by atoms with Gasteiger partial charge < -0.3 is 9.64 Å². The summed E-state index contributed by atoms with van der Waals surface area (Å²) in [4.78, 5) is 14.8. The molecule has 0 spiro atoms. The minimum absolute atomic E-state index is 0.112. The van der Waals surface area contributed by atoms with Crippen molar-refractivity contribution in [1.82, 2.24) is 4.90 Å². The number of amides is 1. The second kappa shape index (κ2) is 5.60. The quantitative estimate of drug-likeness (QED) is 0.757. The predicted molar refractivity (Wildman–Crippen MR) is 72.3 cm³/mol. The molecule has 0 saturated carbocycles. The summed E-state index contributed by atoms with van der Waals surface area (Å²) >= 11 is 0. The van der Waals surface area contributed by atoms with Crippen LogP contribution in [0.1, 0.15) is 47.0 Å². The van der Waals surface area contributed by atoms with Gasteiger partial charge in [-0.25, -0.2) is 0 Å². The molecule has 3 heteroatoms. The molecular weight excluding hydrogens is 226 g/mol. The Hall–Kier alpha value is -0.570. The molecule has 0 aliphatic carbocycles. The first kappa shape index (κ1) is 13.9. The molecule has 0 aromatic carbocycles. The molecule has 4 unspecified atom stereocenters. The third-order valence-electron chi connectivity index (χ3n) is 5.00. The fourth-order valence-electron chi connectivity index (χ4n) is 3.54. The molecule has 0 radical (unpaired) electrons. The van der Waals surface area contributed by atoms with Crippen LogP contribution < -0.4 is 0 Å². The van der Waals surface area contributed by atoms with Crippen LogP contribution in [0.3, 0.4) is 0 Å². The zero-order valence-corrected chi connectivity index (χ0v) is 12.2. The molecule has 2 aliphatic rings. The zero-order chi connectivity index (χ0) is 13.3. The molecule has 0 N–H and O–H groups in total. The van der Waals surface area contributed by atoms with Crippen molar-refractivity contribution in [3.05, 3.63) is 0 Å². The number of nitrogens with zero attached hydrogens (tertiary/aromatic N) is 1. The zero-order valence-electron chi connectivity index (χ0n) is 12.2. The summed E-state index contributed by atoms with van der Waals surface area (Å²) in [7, 11) is 0. The lowest BCUT2D eigenvalue weighted by atomic mass is 9.88. The van der Waals surface area contributed by atoms with E-state index in [1.165, 1.54) is 0 Å². The topological polar surface area (TPSA) is 29.5 Å². The Morgan fingerprint density at radius 1 is 1.33 bits per heavy atom. The minimum atomic E-state index is 0.112. The molecule has 5 atom stereocenters. The molecule has 2 fully saturated rings. The third-order valence-corrected chi connectivity index (χ3v) is 5.00. The van der Waals surface area contributed by atoms with E-state index in [0.717, 1.165) is 32.5 Å². The summed E-state index contributed by atoms with van der Waals surface area (Å²) in [6.45, 7) is 10.3. The van der Waals surface area contributed by atoms with E-state index in [1.807, 2.05) is 0 Å². The molecule has 0 bridgehead atoms. The minimum Gasteiger partial charge on any atom is -0.381 e. The van der Waals surface area contributed by atoms with E-state index in [4.69, 9.17) is 4.74 Å². The van der Waals surface area contributed by atoms with Gasteiger partial charge in [0.05, 0.1) is 6.61 Å². The summed E-state index contributed by atoms with van der Waals surface area (Å²) in [5, 5.41) is 0. The Kier molecular flexibility index (Phi) is 4.31. The number of likely N-dealkylation sites (tertiary alicyclic amines) is 1. The van der Waals surface area contributed by atoms with Crippen LogP contribution in [-0.2, 0) is 9.53 Å². The van der Waals surface area contributed by atoms with Crippen LogP contribution in [0.5, 0.6) is 0 Å². The second-order valence-corrected chi connectivity index (χ2v) is 6.31. The predicted octanol–water partition coefficient (Wildman–Crippen LogP) is 2.69. The molecule has 1 amide bonds. The summed E-state index contributed by atoms with van der Waals surface area (Å²) in [6.07, 6.45) is 3.38. The fraction of sp³-hybridized carbons (Fsp3) is 0.933. The van der Waals surface area contributed by atoms with Gasteiger partial charge in [0.1, 0.15) is 0 Å². The van der Waals surface area contributed by atoms with Crippen LogP contribution in [0.25, 0.3) is 0 Å². The summed E-state index contributed by atoms with van der Waals surface area (Å²) in [5.41, 5.74) is 0. The van der Waals surface area contributed by atoms with Gasteiger partial charge in [-0.1, -0.05) is 13.8 Å². The van der Waals surface area contributed by atoms with Gasteiger partial charge in [-0.05, 0) is 44.9 Å². The molecule has 2 saturated heterocycles. The van der Waals surface area contributed by atoms with Crippen molar-refractivity contribution >= 4 is 5.91 Å². The van der Waals surface area contributed by atoms with E-state index in [2.05, 4.69) is 32.6 Å². The lowest BCUT2D eigenvalue weighted by Crippen LogP contribution is -2.45. The van der Waals surface area contributed by atoms with E-state index in [0.29, 0.717) is 29.8 Å². The first-order valence-corrected chi connectivity index (χ1v) is 7.42. The normalized spacial score (nSPS) is 38.8. The maximum atomic E-state index is 12.7. The number of ether oxygens (including phenoxy) is 1. The molecule has 2 heterocycles. The number of hydrogen-bond donors (Lipinski definition) is 0. The van der Waals surface area contributed by atoms with Crippen LogP contribution in [0.15, 0.2) is 0 Å². The van der Waals surface area contributed by atoms with Crippen LogP contribution in [0.4, 0.5) is 0 Å². The first-order valence-electron chi connectivity index (χ1n) is 7.42.